The molecule has 1 amide bonds. The lowest BCUT2D eigenvalue weighted by Gasteiger charge is -2.06. The molecule has 4 heteroatoms. The molecule has 0 radical (unpaired) electrons. The fourth-order valence-electron chi connectivity index (χ4n) is 1.36. The average Bonchev–Trinajstić information content (AvgIpc) is 2.31. The first-order valence-electron chi connectivity index (χ1n) is 5.81. The van der Waals surface area contributed by atoms with Gasteiger partial charge in [0.1, 0.15) is 5.82 Å². The first-order chi connectivity index (χ1) is 8.58. The van der Waals surface area contributed by atoms with E-state index in [1.54, 1.807) is 12.1 Å². The van der Waals surface area contributed by atoms with Crippen molar-refractivity contribution in [3.63, 3.8) is 0 Å². The number of carbonyl (C=O) groups is 1. The summed E-state index contributed by atoms with van der Waals surface area (Å²) in [6, 6.07) is 5.90. The molecule has 0 aliphatic heterocycles. The molecule has 0 fully saturated rings. The highest BCUT2D eigenvalue weighted by atomic mass is 19.1. The molecule has 1 N–H and O–H groups in total. The summed E-state index contributed by atoms with van der Waals surface area (Å²) < 4.78 is 17.9. The van der Waals surface area contributed by atoms with Gasteiger partial charge in [-0.15, -0.1) is 0 Å². The highest BCUT2D eigenvalue weighted by molar-refractivity contribution is 5.78. The number of halogens is 1. The standard InChI is InChI=1S/C14H18FNO2/c1-11(2)10-18-8-7-16-14(17)9-12-3-5-13(15)6-4-12/h3-6H,1,7-10H2,2H3,(H,16,17). The summed E-state index contributed by atoms with van der Waals surface area (Å²) in [6.45, 7) is 7.02. The van der Waals surface area contributed by atoms with Gasteiger partial charge in [0.15, 0.2) is 0 Å². The topological polar surface area (TPSA) is 38.3 Å². The lowest BCUT2D eigenvalue weighted by atomic mass is 10.1. The third-order valence-electron chi connectivity index (χ3n) is 2.19. The maximum Gasteiger partial charge on any atom is 0.224 e. The molecule has 18 heavy (non-hydrogen) atoms. The fraction of sp³-hybridized carbons (Fsp3) is 0.357. The van der Waals surface area contributed by atoms with Gasteiger partial charge in [-0.2, -0.15) is 0 Å². The summed E-state index contributed by atoms with van der Waals surface area (Å²) >= 11 is 0. The van der Waals surface area contributed by atoms with Crippen LogP contribution in [-0.2, 0) is 16.0 Å². The maximum absolute atomic E-state index is 12.7. The van der Waals surface area contributed by atoms with Crippen LogP contribution in [0.25, 0.3) is 0 Å². The van der Waals surface area contributed by atoms with Crippen molar-refractivity contribution < 1.29 is 13.9 Å². The molecule has 0 saturated carbocycles. The van der Waals surface area contributed by atoms with Crippen LogP contribution in [-0.4, -0.2) is 25.7 Å². The molecule has 0 aliphatic rings. The summed E-state index contributed by atoms with van der Waals surface area (Å²) in [4.78, 5) is 11.5. The number of hydrogen-bond donors (Lipinski definition) is 1. The lowest BCUT2D eigenvalue weighted by molar-refractivity contribution is -0.120. The first-order valence-corrected chi connectivity index (χ1v) is 5.81. The summed E-state index contributed by atoms with van der Waals surface area (Å²) in [6.07, 6.45) is 0.251. The second-order valence-electron chi connectivity index (χ2n) is 4.16. The van der Waals surface area contributed by atoms with Crippen molar-refractivity contribution in [1.29, 1.82) is 0 Å². The third kappa shape index (κ3) is 6.15. The monoisotopic (exact) mass is 251 g/mol. The lowest BCUT2D eigenvalue weighted by Crippen LogP contribution is -2.28. The van der Waals surface area contributed by atoms with Gasteiger partial charge in [0.2, 0.25) is 5.91 Å². The van der Waals surface area contributed by atoms with E-state index in [1.807, 2.05) is 6.92 Å². The molecular weight excluding hydrogens is 233 g/mol. The van der Waals surface area contributed by atoms with Crippen molar-refractivity contribution >= 4 is 5.91 Å². The molecule has 98 valence electrons. The van der Waals surface area contributed by atoms with Crippen LogP contribution >= 0.6 is 0 Å². The van der Waals surface area contributed by atoms with E-state index in [-0.39, 0.29) is 18.1 Å². The van der Waals surface area contributed by atoms with Gasteiger partial charge in [0.25, 0.3) is 0 Å². The minimum absolute atomic E-state index is 0.0967. The van der Waals surface area contributed by atoms with Gasteiger partial charge in [-0.05, 0) is 24.6 Å². The van der Waals surface area contributed by atoms with Crippen LogP contribution in [0, 0.1) is 5.82 Å². The Morgan fingerprint density at radius 2 is 2.06 bits per heavy atom. The molecule has 3 nitrogen and oxygen atoms in total. The molecule has 1 aromatic rings. The van der Waals surface area contributed by atoms with Crippen molar-refractivity contribution in [2.24, 2.45) is 0 Å². The Bertz CT molecular complexity index is 401. The van der Waals surface area contributed by atoms with E-state index >= 15 is 0 Å². The first kappa shape index (κ1) is 14.4. The van der Waals surface area contributed by atoms with Crippen LogP contribution in [0.5, 0.6) is 0 Å². The maximum atomic E-state index is 12.7. The smallest absolute Gasteiger partial charge is 0.224 e. The zero-order chi connectivity index (χ0) is 13.4. The van der Waals surface area contributed by atoms with Crippen molar-refractivity contribution in [3.8, 4) is 0 Å². The molecule has 1 rings (SSSR count). The number of ether oxygens (including phenoxy) is 1. The largest absolute Gasteiger partial charge is 0.375 e. The predicted octanol–water partition coefficient (Wildman–Crippen LogP) is 2.08. The Kier molecular flexibility index (Phi) is 6.08. The Morgan fingerprint density at radius 1 is 1.39 bits per heavy atom. The Balaban J connectivity index is 2.17. The summed E-state index contributed by atoms with van der Waals surface area (Å²) in [5, 5.41) is 2.73. The zero-order valence-corrected chi connectivity index (χ0v) is 10.5. The average molecular weight is 251 g/mol. The summed E-state index contributed by atoms with van der Waals surface area (Å²) in [7, 11) is 0. The number of hydrogen-bond acceptors (Lipinski definition) is 2. The van der Waals surface area contributed by atoms with E-state index in [0.717, 1.165) is 11.1 Å². The molecule has 0 atom stereocenters. The minimum atomic E-state index is -0.299. The van der Waals surface area contributed by atoms with Gasteiger partial charge < -0.3 is 10.1 Å². The normalized spacial score (nSPS) is 10.1. The van der Waals surface area contributed by atoms with Crippen LogP contribution < -0.4 is 5.32 Å². The Morgan fingerprint density at radius 3 is 2.67 bits per heavy atom. The summed E-state index contributed by atoms with van der Waals surface area (Å²) in [5.41, 5.74) is 1.74. The van der Waals surface area contributed by atoms with E-state index in [1.165, 1.54) is 12.1 Å². The van der Waals surface area contributed by atoms with E-state index in [4.69, 9.17) is 4.74 Å². The van der Waals surface area contributed by atoms with Crippen molar-refractivity contribution in [1.82, 2.24) is 5.32 Å². The number of carbonyl (C=O) groups excluding carboxylic acids is 1. The number of amides is 1. The predicted molar refractivity (Wildman–Crippen MR) is 68.7 cm³/mol. The van der Waals surface area contributed by atoms with Gasteiger partial charge in [-0.25, -0.2) is 4.39 Å². The van der Waals surface area contributed by atoms with Gasteiger partial charge in [-0.1, -0.05) is 24.3 Å². The van der Waals surface area contributed by atoms with Crippen molar-refractivity contribution in [3.05, 3.63) is 47.8 Å². The number of rotatable bonds is 7. The molecule has 0 aromatic heterocycles. The molecule has 0 bridgehead atoms. The van der Waals surface area contributed by atoms with Gasteiger partial charge in [-0.3, -0.25) is 4.79 Å². The van der Waals surface area contributed by atoms with E-state index in [2.05, 4.69) is 11.9 Å². The third-order valence-corrected chi connectivity index (χ3v) is 2.19. The number of nitrogens with one attached hydrogen (secondary N) is 1. The highest BCUT2D eigenvalue weighted by Gasteiger charge is 2.02. The van der Waals surface area contributed by atoms with E-state index < -0.39 is 0 Å². The van der Waals surface area contributed by atoms with Crippen LogP contribution in [0.1, 0.15) is 12.5 Å². The molecule has 1 aromatic carbocycles. The second kappa shape index (κ2) is 7.61. The molecular formula is C14H18FNO2. The van der Waals surface area contributed by atoms with Crippen LogP contribution in [0.2, 0.25) is 0 Å². The van der Waals surface area contributed by atoms with Crippen molar-refractivity contribution in [2.45, 2.75) is 13.3 Å². The van der Waals surface area contributed by atoms with Crippen LogP contribution in [0.4, 0.5) is 4.39 Å². The zero-order valence-electron chi connectivity index (χ0n) is 10.5. The summed E-state index contributed by atoms with van der Waals surface area (Å²) in [5.74, 6) is -0.395. The van der Waals surface area contributed by atoms with Crippen molar-refractivity contribution in [2.75, 3.05) is 19.8 Å². The molecule has 0 spiro atoms. The van der Waals surface area contributed by atoms with E-state index in [0.29, 0.717) is 19.8 Å². The fourth-order valence-corrected chi connectivity index (χ4v) is 1.36. The molecule has 0 saturated heterocycles. The molecule has 0 unspecified atom stereocenters. The quantitative estimate of drug-likeness (QED) is 0.595. The Hall–Kier alpha value is -1.68. The SMILES string of the molecule is C=C(C)COCCNC(=O)Cc1ccc(F)cc1. The minimum Gasteiger partial charge on any atom is -0.375 e. The molecule has 0 aliphatic carbocycles. The van der Waals surface area contributed by atoms with Crippen LogP contribution in [0.3, 0.4) is 0 Å². The van der Waals surface area contributed by atoms with Gasteiger partial charge in [0.05, 0.1) is 19.6 Å². The van der Waals surface area contributed by atoms with Gasteiger partial charge in [0, 0.05) is 6.54 Å². The second-order valence-corrected chi connectivity index (χ2v) is 4.16. The van der Waals surface area contributed by atoms with Crippen LogP contribution in [0.15, 0.2) is 36.4 Å². The Labute approximate surface area is 107 Å². The highest BCUT2D eigenvalue weighted by Crippen LogP contribution is 2.03. The van der Waals surface area contributed by atoms with E-state index in [9.17, 15) is 9.18 Å². The molecule has 0 heterocycles. The number of benzene rings is 1. The van der Waals surface area contributed by atoms with Gasteiger partial charge >= 0.3 is 0 Å².